The van der Waals surface area contributed by atoms with Crippen LogP contribution in [0.25, 0.3) is 0 Å². The van der Waals surface area contributed by atoms with Crippen molar-refractivity contribution in [2.75, 3.05) is 53.0 Å². The first-order valence-corrected chi connectivity index (χ1v) is 11.7. The zero-order valence-electron chi connectivity index (χ0n) is 19.3. The molecule has 2 saturated heterocycles. The van der Waals surface area contributed by atoms with Gasteiger partial charge in [0.25, 0.3) is 0 Å². The van der Waals surface area contributed by atoms with Crippen molar-refractivity contribution in [2.24, 2.45) is 0 Å². The van der Waals surface area contributed by atoms with Crippen LogP contribution < -0.4 is 9.47 Å². The minimum Gasteiger partial charge on any atom is -0.493 e. The number of hydrogen-bond donors (Lipinski definition) is 1. The predicted octanol–water partition coefficient (Wildman–Crippen LogP) is 2.84. The van der Waals surface area contributed by atoms with Gasteiger partial charge in [-0.25, -0.2) is 0 Å². The van der Waals surface area contributed by atoms with Gasteiger partial charge in [-0.2, -0.15) is 0 Å². The fraction of sp³-hybridized carbons (Fsp3) is 0.750. The Kier molecular flexibility index (Phi) is 8.81. The Morgan fingerprint density at radius 2 is 1.87 bits per heavy atom. The first-order chi connectivity index (χ1) is 14.5. The second-order valence-corrected chi connectivity index (χ2v) is 8.92. The maximum Gasteiger partial charge on any atom is 0.161 e. The molecule has 170 valence electrons. The molecular weight excluding hydrogens is 378 g/mol. The Bertz CT molecular complexity index is 647. The summed E-state index contributed by atoms with van der Waals surface area (Å²) in [5.74, 6) is 1.61. The van der Waals surface area contributed by atoms with E-state index in [1.54, 1.807) is 7.11 Å². The topological polar surface area (TPSA) is 48.4 Å². The number of aliphatic hydroxyl groups is 1. The molecule has 2 heterocycles. The van der Waals surface area contributed by atoms with Crippen molar-refractivity contribution in [2.45, 2.75) is 64.7 Å². The van der Waals surface area contributed by atoms with Crippen molar-refractivity contribution in [3.05, 3.63) is 23.8 Å². The van der Waals surface area contributed by atoms with Gasteiger partial charge in [0.1, 0.15) is 0 Å². The Morgan fingerprint density at radius 3 is 2.50 bits per heavy atom. The Labute approximate surface area is 182 Å². The first kappa shape index (κ1) is 23.3. The first-order valence-electron chi connectivity index (χ1n) is 11.7. The van der Waals surface area contributed by atoms with Crippen LogP contribution >= 0.6 is 0 Å². The molecule has 1 atom stereocenters. The van der Waals surface area contributed by atoms with Gasteiger partial charge in [-0.3, -0.25) is 9.80 Å². The van der Waals surface area contributed by atoms with Crippen molar-refractivity contribution >= 4 is 0 Å². The lowest BCUT2D eigenvalue weighted by atomic mass is 9.97. The van der Waals surface area contributed by atoms with E-state index in [2.05, 4.69) is 40.7 Å². The summed E-state index contributed by atoms with van der Waals surface area (Å²) in [6.07, 6.45) is 3.35. The lowest BCUT2D eigenvalue weighted by Crippen LogP contribution is -2.58. The molecule has 2 fully saturated rings. The van der Waals surface area contributed by atoms with Crippen LogP contribution in [0.4, 0.5) is 0 Å². The number of hydrogen-bond acceptors (Lipinski definition) is 6. The third kappa shape index (κ3) is 5.88. The van der Waals surface area contributed by atoms with Crippen molar-refractivity contribution in [1.82, 2.24) is 14.7 Å². The summed E-state index contributed by atoms with van der Waals surface area (Å²) in [7, 11) is 1.68. The Morgan fingerprint density at radius 1 is 1.10 bits per heavy atom. The van der Waals surface area contributed by atoms with Crippen molar-refractivity contribution < 1.29 is 14.6 Å². The molecule has 1 aromatic rings. The summed E-state index contributed by atoms with van der Waals surface area (Å²) in [4.78, 5) is 7.81. The number of nitrogens with zero attached hydrogens (tertiary/aromatic N) is 3. The van der Waals surface area contributed by atoms with E-state index in [0.717, 1.165) is 44.1 Å². The van der Waals surface area contributed by atoms with E-state index >= 15 is 0 Å². The van der Waals surface area contributed by atoms with Crippen LogP contribution in [0.3, 0.4) is 0 Å². The quantitative estimate of drug-likeness (QED) is 0.664. The fourth-order valence-electron chi connectivity index (χ4n) is 5.04. The van der Waals surface area contributed by atoms with E-state index in [1.807, 2.05) is 13.0 Å². The van der Waals surface area contributed by atoms with Gasteiger partial charge < -0.3 is 19.5 Å². The van der Waals surface area contributed by atoms with Gasteiger partial charge in [-0.05, 0) is 70.8 Å². The molecule has 1 N–H and O–H groups in total. The average Bonchev–Trinajstić information content (AvgIpc) is 2.75. The number of likely N-dealkylation sites (tertiary alicyclic amines) is 1. The largest absolute Gasteiger partial charge is 0.493 e. The highest BCUT2D eigenvalue weighted by Gasteiger charge is 2.33. The standard InChI is InChI=1S/C24H41N3O3/c1-5-30-24-16-20(6-7-23(24)29-4)17-25-13-14-27(22(18-25)10-15-28)21-8-11-26(12-9-21)19(2)3/h6-7,16,19,21-22,28H,5,8-15,17-18H2,1-4H3/t22-/m0/s1. The van der Waals surface area contributed by atoms with E-state index < -0.39 is 0 Å². The summed E-state index contributed by atoms with van der Waals surface area (Å²) < 4.78 is 11.2. The fourth-order valence-corrected chi connectivity index (χ4v) is 5.04. The van der Waals surface area contributed by atoms with Gasteiger partial charge in [0.05, 0.1) is 13.7 Å². The summed E-state index contributed by atoms with van der Waals surface area (Å²) in [5.41, 5.74) is 1.25. The third-order valence-corrected chi connectivity index (χ3v) is 6.71. The Hall–Kier alpha value is -1.34. The maximum absolute atomic E-state index is 9.69. The molecule has 1 aromatic carbocycles. The van der Waals surface area contributed by atoms with Crippen LogP contribution in [0, 0.1) is 0 Å². The molecule has 0 aliphatic carbocycles. The highest BCUT2D eigenvalue weighted by Crippen LogP contribution is 2.30. The minimum absolute atomic E-state index is 0.261. The number of ether oxygens (including phenoxy) is 2. The second-order valence-electron chi connectivity index (χ2n) is 8.92. The van der Waals surface area contributed by atoms with Gasteiger partial charge in [-0.15, -0.1) is 0 Å². The summed E-state index contributed by atoms with van der Waals surface area (Å²) in [6.45, 7) is 14.0. The number of piperidine rings is 1. The molecular formula is C24H41N3O3. The molecule has 3 rings (SSSR count). The van der Waals surface area contributed by atoms with Crippen LogP contribution in [-0.4, -0.2) is 91.0 Å². The molecule has 0 spiro atoms. The van der Waals surface area contributed by atoms with Gasteiger partial charge in [-0.1, -0.05) is 6.07 Å². The van der Waals surface area contributed by atoms with E-state index in [-0.39, 0.29) is 6.61 Å². The summed E-state index contributed by atoms with van der Waals surface area (Å²) >= 11 is 0. The zero-order chi connectivity index (χ0) is 21.5. The van der Waals surface area contributed by atoms with E-state index in [9.17, 15) is 5.11 Å². The molecule has 6 nitrogen and oxygen atoms in total. The van der Waals surface area contributed by atoms with Crippen LogP contribution in [0.2, 0.25) is 0 Å². The van der Waals surface area contributed by atoms with Crippen molar-refractivity contribution in [1.29, 1.82) is 0 Å². The van der Waals surface area contributed by atoms with E-state index in [0.29, 0.717) is 24.7 Å². The molecule has 0 radical (unpaired) electrons. The van der Waals surface area contributed by atoms with Gasteiger partial charge >= 0.3 is 0 Å². The lowest BCUT2D eigenvalue weighted by molar-refractivity contribution is -0.0000457. The Balaban J connectivity index is 1.60. The molecule has 2 aliphatic rings. The number of piperazine rings is 1. The van der Waals surface area contributed by atoms with Crippen molar-refractivity contribution in [3.8, 4) is 11.5 Å². The minimum atomic E-state index is 0.261. The normalized spacial score (nSPS) is 22.5. The second kappa shape index (κ2) is 11.3. The molecule has 0 amide bonds. The van der Waals surface area contributed by atoms with Crippen LogP contribution in [0.1, 0.15) is 45.6 Å². The highest BCUT2D eigenvalue weighted by atomic mass is 16.5. The van der Waals surface area contributed by atoms with Crippen LogP contribution in [0.5, 0.6) is 11.5 Å². The molecule has 6 heteroatoms. The van der Waals surface area contributed by atoms with Crippen molar-refractivity contribution in [3.63, 3.8) is 0 Å². The highest BCUT2D eigenvalue weighted by molar-refractivity contribution is 5.43. The van der Waals surface area contributed by atoms with Gasteiger partial charge in [0.2, 0.25) is 0 Å². The molecule has 30 heavy (non-hydrogen) atoms. The molecule has 0 saturated carbocycles. The molecule has 2 aliphatic heterocycles. The smallest absolute Gasteiger partial charge is 0.161 e. The average molecular weight is 420 g/mol. The number of rotatable bonds is 9. The van der Waals surface area contributed by atoms with E-state index in [4.69, 9.17) is 9.47 Å². The summed E-state index contributed by atoms with van der Waals surface area (Å²) in [5, 5.41) is 9.69. The third-order valence-electron chi connectivity index (χ3n) is 6.71. The lowest BCUT2D eigenvalue weighted by Gasteiger charge is -2.48. The maximum atomic E-state index is 9.69. The molecule has 0 aromatic heterocycles. The van der Waals surface area contributed by atoms with Gasteiger partial charge in [0, 0.05) is 50.9 Å². The summed E-state index contributed by atoms with van der Waals surface area (Å²) in [6, 6.07) is 7.98. The molecule has 0 unspecified atom stereocenters. The number of benzene rings is 1. The number of methoxy groups -OCH3 is 1. The SMILES string of the molecule is CCOc1cc(CN2CCN(C3CCN(C(C)C)CC3)[C@@H](CCO)C2)ccc1OC. The molecule has 0 bridgehead atoms. The van der Waals surface area contributed by atoms with E-state index in [1.165, 1.54) is 31.5 Å². The monoisotopic (exact) mass is 419 g/mol. The zero-order valence-corrected chi connectivity index (χ0v) is 19.3. The van der Waals surface area contributed by atoms with Crippen LogP contribution in [-0.2, 0) is 6.54 Å². The predicted molar refractivity (Wildman–Crippen MR) is 121 cm³/mol. The number of aliphatic hydroxyl groups excluding tert-OH is 1. The van der Waals surface area contributed by atoms with Gasteiger partial charge in [0.15, 0.2) is 11.5 Å². The van der Waals surface area contributed by atoms with Crippen LogP contribution in [0.15, 0.2) is 18.2 Å².